The minimum Gasteiger partial charge on any atom is -0.466 e. The monoisotopic (exact) mass is 373 g/mol. The quantitative estimate of drug-likeness (QED) is 0.771. The molecule has 3 heterocycles. The first-order valence-corrected chi connectivity index (χ1v) is 10.0. The zero-order valence-corrected chi connectivity index (χ0v) is 15.7. The second-order valence-electron chi connectivity index (χ2n) is 6.94. The normalized spacial score (nSPS) is 20.9. The molecule has 6 nitrogen and oxygen atoms in total. The predicted molar refractivity (Wildman–Crippen MR) is 101 cm³/mol. The van der Waals surface area contributed by atoms with Gasteiger partial charge in [0, 0.05) is 26.2 Å². The van der Waals surface area contributed by atoms with Gasteiger partial charge in [0.05, 0.1) is 28.7 Å². The van der Waals surface area contributed by atoms with E-state index in [4.69, 9.17) is 4.74 Å². The van der Waals surface area contributed by atoms with Crippen molar-refractivity contribution >= 4 is 38.6 Å². The summed E-state index contributed by atoms with van der Waals surface area (Å²) < 4.78 is 6.29. The van der Waals surface area contributed by atoms with E-state index in [0.717, 1.165) is 30.0 Å². The van der Waals surface area contributed by atoms with Crippen molar-refractivity contribution in [2.75, 3.05) is 37.7 Å². The molecule has 0 aliphatic carbocycles. The van der Waals surface area contributed by atoms with E-state index in [0.29, 0.717) is 26.2 Å². The van der Waals surface area contributed by atoms with Crippen LogP contribution < -0.4 is 4.90 Å². The average molecular weight is 373 g/mol. The molecule has 1 aromatic carbocycles. The van der Waals surface area contributed by atoms with Gasteiger partial charge in [0.25, 0.3) is 0 Å². The molecule has 1 amide bonds. The van der Waals surface area contributed by atoms with Crippen molar-refractivity contribution in [2.45, 2.75) is 19.8 Å². The number of thiazole rings is 1. The highest BCUT2D eigenvalue weighted by molar-refractivity contribution is 7.22. The number of likely N-dealkylation sites (tertiary alicyclic amines) is 1. The number of piperidine rings is 1. The van der Waals surface area contributed by atoms with Crippen LogP contribution in [0.25, 0.3) is 10.2 Å². The van der Waals surface area contributed by atoms with E-state index in [9.17, 15) is 9.59 Å². The number of esters is 1. The van der Waals surface area contributed by atoms with Crippen LogP contribution in [0.5, 0.6) is 0 Å². The highest BCUT2D eigenvalue weighted by Gasteiger charge is 2.39. The average Bonchev–Trinajstić information content (AvgIpc) is 3.04. The molecular formula is C19H23N3O3S. The second kappa shape index (κ2) is 7.23. The standard InChI is InChI=1S/C19H23N3O3S/c1-2-25-18(24)13-6-5-9-21(10-13)17(23)14-11-22(12-14)19-20-15-7-3-4-8-16(15)26-19/h3-4,7-8,13-14H,2,5-6,9-12H2,1H3. The molecule has 2 aliphatic rings. The van der Waals surface area contributed by atoms with E-state index in [2.05, 4.69) is 16.0 Å². The number of hydrogen-bond acceptors (Lipinski definition) is 6. The molecule has 4 rings (SSSR count). The van der Waals surface area contributed by atoms with Crippen molar-refractivity contribution in [1.82, 2.24) is 9.88 Å². The number of benzene rings is 1. The summed E-state index contributed by atoms with van der Waals surface area (Å²) in [5, 5.41) is 0.985. The summed E-state index contributed by atoms with van der Waals surface area (Å²) in [5.41, 5.74) is 1.01. The van der Waals surface area contributed by atoms with Gasteiger partial charge in [-0.25, -0.2) is 4.98 Å². The zero-order chi connectivity index (χ0) is 18.1. The molecule has 2 fully saturated rings. The Labute approximate surface area is 156 Å². The smallest absolute Gasteiger partial charge is 0.310 e. The third-order valence-electron chi connectivity index (χ3n) is 5.14. The number of amides is 1. The Bertz CT molecular complexity index is 782. The molecule has 138 valence electrons. The summed E-state index contributed by atoms with van der Waals surface area (Å²) in [6.07, 6.45) is 1.68. The number of anilines is 1. The third-order valence-corrected chi connectivity index (χ3v) is 6.23. The summed E-state index contributed by atoms with van der Waals surface area (Å²) in [5.74, 6) is -0.179. The highest BCUT2D eigenvalue weighted by atomic mass is 32.1. The topological polar surface area (TPSA) is 62.7 Å². The Morgan fingerprint density at radius 1 is 1.23 bits per heavy atom. The molecule has 26 heavy (non-hydrogen) atoms. The summed E-state index contributed by atoms with van der Waals surface area (Å²) in [7, 11) is 0. The summed E-state index contributed by atoms with van der Waals surface area (Å²) >= 11 is 1.67. The van der Waals surface area contributed by atoms with Crippen LogP contribution >= 0.6 is 11.3 Å². The van der Waals surface area contributed by atoms with E-state index in [1.165, 1.54) is 4.70 Å². The fraction of sp³-hybridized carbons (Fsp3) is 0.526. The first-order valence-electron chi connectivity index (χ1n) is 9.21. The van der Waals surface area contributed by atoms with Crippen LogP contribution in [0, 0.1) is 11.8 Å². The van der Waals surface area contributed by atoms with Gasteiger partial charge in [-0.1, -0.05) is 23.5 Å². The van der Waals surface area contributed by atoms with E-state index >= 15 is 0 Å². The number of hydrogen-bond donors (Lipinski definition) is 0. The van der Waals surface area contributed by atoms with Crippen LogP contribution in [-0.2, 0) is 14.3 Å². The number of carbonyl (C=O) groups excluding carboxylic acids is 2. The lowest BCUT2D eigenvalue weighted by Crippen LogP contribution is -2.56. The van der Waals surface area contributed by atoms with Crippen molar-refractivity contribution in [3.05, 3.63) is 24.3 Å². The molecule has 1 atom stereocenters. The maximum absolute atomic E-state index is 12.8. The molecule has 2 aromatic rings. The van der Waals surface area contributed by atoms with Gasteiger partial charge in [-0.2, -0.15) is 0 Å². The lowest BCUT2D eigenvalue weighted by Gasteiger charge is -2.42. The Hall–Kier alpha value is -2.15. The van der Waals surface area contributed by atoms with E-state index in [-0.39, 0.29) is 23.7 Å². The number of ether oxygens (including phenoxy) is 1. The minimum atomic E-state index is -0.173. The highest BCUT2D eigenvalue weighted by Crippen LogP contribution is 2.33. The fourth-order valence-corrected chi connectivity index (χ4v) is 4.66. The molecular weight excluding hydrogens is 350 g/mol. The van der Waals surface area contributed by atoms with Crippen LogP contribution in [0.4, 0.5) is 5.13 Å². The van der Waals surface area contributed by atoms with Gasteiger partial charge in [0.2, 0.25) is 5.91 Å². The lowest BCUT2D eigenvalue weighted by atomic mass is 9.94. The number of para-hydroxylation sites is 1. The van der Waals surface area contributed by atoms with Gasteiger partial charge in [-0.05, 0) is 31.9 Å². The van der Waals surface area contributed by atoms with Gasteiger partial charge in [-0.15, -0.1) is 0 Å². The van der Waals surface area contributed by atoms with Crippen molar-refractivity contribution in [3.8, 4) is 0 Å². The van der Waals surface area contributed by atoms with E-state index < -0.39 is 0 Å². The summed E-state index contributed by atoms with van der Waals surface area (Å²) in [4.78, 5) is 33.4. The number of carbonyl (C=O) groups is 2. The first kappa shape index (κ1) is 17.3. The van der Waals surface area contributed by atoms with Gasteiger partial charge in [-0.3, -0.25) is 9.59 Å². The molecule has 0 spiro atoms. The Balaban J connectivity index is 1.34. The molecule has 1 aromatic heterocycles. The SMILES string of the molecule is CCOC(=O)C1CCCN(C(=O)C2CN(c3nc4ccccc4s3)C2)C1. The van der Waals surface area contributed by atoms with Gasteiger partial charge >= 0.3 is 5.97 Å². The molecule has 2 saturated heterocycles. The van der Waals surface area contributed by atoms with Gasteiger partial charge in [0.1, 0.15) is 0 Å². The van der Waals surface area contributed by atoms with Crippen LogP contribution in [0.15, 0.2) is 24.3 Å². The molecule has 2 aliphatic heterocycles. The van der Waals surface area contributed by atoms with Gasteiger partial charge < -0.3 is 14.5 Å². The molecule has 0 saturated carbocycles. The van der Waals surface area contributed by atoms with Crippen LogP contribution in [0.2, 0.25) is 0 Å². The van der Waals surface area contributed by atoms with Crippen LogP contribution in [-0.4, -0.2) is 54.5 Å². The lowest BCUT2D eigenvalue weighted by molar-refractivity contribution is -0.152. The van der Waals surface area contributed by atoms with Gasteiger partial charge in [0.15, 0.2) is 5.13 Å². The van der Waals surface area contributed by atoms with Crippen LogP contribution in [0.3, 0.4) is 0 Å². The van der Waals surface area contributed by atoms with E-state index in [1.807, 2.05) is 30.0 Å². The van der Waals surface area contributed by atoms with Crippen molar-refractivity contribution in [2.24, 2.45) is 11.8 Å². The Morgan fingerprint density at radius 3 is 2.81 bits per heavy atom. The second-order valence-corrected chi connectivity index (χ2v) is 7.95. The maximum atomic E-state index is 12.8. The molecule has 0 radical (unpaired) electrons. The number of aromatic nitrogens is 1. The summed E-state index contributed by atoms with van der Waals surface area (Å²) in [6.45, 7) is 4.86. The Morgan fingerprint density at radius 2 is 2.04 bits per heavy atom. The van der Waals surface area contributed by atoms with Crippen molar-refractivity contribution in [1.29, 1.82) is 0 Å². The number of fused-ring (bicyclic) bond motifs is 1. The zero-order valence-electron chi connectivity index (χ0n) is 14.9. The minimum absolute atomic E-state index is 0.00274. The first-order chi connectivity index (χ1) is 12.7. The maximum Gasteiger partial charge on any atom is 0.310 e. The van der Waals surface area contributed by atoms with Crippen molar-refractivity contribution < 1.29 is 14.3 Å². The summed E-state index contributed by atoms with van der Waals surface area (Å²) in [6, 6.07) is 8.09. The van der Waals surface area contributed by atoms with Crippen molar-refractivity contribution in [3.63, 3.8) is 0 Å². The molecule has 0 bridgehead atoms. The Kier molecular flexibility index (Phi) is 4.80. The fourth-order valence-electron chi connectivity index (χ4n) is 3.67. The van der Waals surface area contributed by atoms with Crippen LogP contribution in [0.1, 0.15) is 19.8 Å². The largest absolute Gasteiger partial charge is 0.466 e. The number of rotatable bonds is 4. The molecule has 1 unspecified atom stereocenters. The van der Waals surface area contributed by atoms with E-state index in [1.54, 1.807) is 11.3 Å². The number of nitrogens with zero attached hydrogens (tertiary/aromatic N) is 3. The molecule has 0 N–H and O–H groups in total. The third kappa shape index (κ3) is 3.28. The molecule has 7 heteroatoms. The predicted octanol–water partition coefficient (Wildman–Crippen LogP) is 2.53.